The van der Waals surface area contributed by atoms with Crippen LogP contribution in [0.5, 0.6) is 0 Å². The number of furan rings is 3. The maximum atomic E-state index is 6.61. The quantitative estimate of drug-likeness (QED) is 0.162. The fourth-order valence-electron chi connectivity index (χ4n) is 20.9. The summed E-state index contributed by atoms with van der Waals surface area (Å²) in [5.41, 5.74) is 18.2. The van der Waals surface area contributed by atoms with Crippen molar-refractivity contribution in [1.29, 1.82) is 0 Å². The number of fused-ring (bicyclic) bond motifs is 36. The zero-order valence-electron chi connectivity index (χ0n) is 66.5. The van der Waals surface area contributed by atoms with Gasteiger partial charge in [0.2, 0.25) is 0 Å². The van der Waals surface area contributed by atoms with Crippen molar-refractivity contribution in [2.45, 2.75) is 0 Å². The number of aromatic nitrogens is 5. The van der Waals surface area contributed by atoms with E-state index in [0.717, 1.165) is 176 Å². The van der Waals surface area contributed by atoms with Crippen LogP contribution in [0, 0.1) is 0 Å². The molecule has 8 aromatic heterocycles. The summed E-state index contributed by atoms with van der Waals surface area (Å²) in [7, 11) is 0. The minimum Gasteiger partial charge on any atom is -0.454 e. The average Bonchev–Trinajstić information content (AvgIpc) is 1.00. The number of hydrogen-bond acceptors (Lipinski definition) is 7. The van der Waals surface area contributed by atoms with E-state index in [-0.39, 0.29) is 0 Å². The van der Waals surface area contributed by atoms with Crippen LogP contribution in [0.3, 0.4) is 0 Å². The van der Waals surface area contributed by atoms with E-state index in [1.165, 1.54) is 103 Å². The SMILES string of the molecule is c1cc2ccc3cc(-c4nc5c6oc7ccccc7c6c6ccccc6c5c5ccccc45)cc4ccc(c1)c2c34.c1ccc2c(c1)nc(-c1nc3c4oc5ccccc5c4c4ccccc4c3c3ccccc13)c1ccccc12.c1ccc2c(c1)oc1c3nc(-c4ccc(-n5c6ccccc6c6ccccc65)cc4)c4ccccc4c3c3ccccc3c21. The molecule has 0 amide bonds. The van der Waals surface area contributed by atoms with Crippen molar-refractivity contribution in [3.63, 3.8) is 0 Å². The fraction of sp³-hybridized carbons (Fsp3) is 0. The van der Waals surface area contributed by atoms with Crippen LogP contribution in [0.2, 0.25) is 0 Å². The van der Waals surface area contributed by atoms with Gasteiger partial charge in [0.05, 0.1) is 39.3 Å². The second-order valence-electron chi connectivity index (χ2n) is 32.7. The molecule has 0 aliphatic carbocycles. The van der Waals surface area contributed by atoms with Crippen molar-refractivity contribution in [3.05, 3.63) is 394 Å². The van der Waals surface area contributed by atoms with Gasteiger partial charge in [0.15, 0.2) is 16.7 Å². The highest BCUT2D eigenvalue weighted by molar-refractivity contribution is 6.38. The largest absolute Gasteiger partial charge is 0.454 e. The number of nitrogens with zero attached hydrogens (tertiary/aromatic N) is 5. The van der Waals surface area contributed by atoms with Gasteiger partial charge in [-0.05, 0) is 147 Å². The van der Waals surface area contributed by atoms with Crippen LogP contribution in [0.4, 0.5) is 0 Å². The number of rotatable bonds is 4. The summed E-state index contributed by atoms with van der Waals surface area (Å²) in [4.78, 5) is 21.6. The third-order valence-electron chi connectivity index (χ3n) is 26.1. The molecule has 0 atom stereocenters. The van der Waals surface area contributed by atoms with Crippen molar-refractivity contribution >= 4 is 239 Å². The average molecular weight is 1580 g/mol. The molecule has 29 rings (SSSR count). The molecule has 572 valence electrons. The van der Waals surface area contributed by atoms with Gasteiger partial charge in [0.25, 0.3) is 0 Å². The van der Waals surface area contributed by atoms with Crippen LogP contribution in [0.15, 0.2) is 408 Å². The smallest absolute Gasteiger partial charge is 0.162 e. The van der Waals surface area contributed by atoms with Gasteiger partial charge < -0.3 is 17.8 Å². The van der Waals surface area contributed by atoms with Gasteiger partial charge in [-0.1, -0.05) is 334 Å². The van der Waals surface area contributed by atoms with Crippen molar-refractivity contribution < 1.29 is 13.3 Å². The van der Waals surface area contributed by atoms with Crippen molar-refractivity contribution in [3.8, 4) is 39.6 Å². The van der Waals surface area contributed by atoms with Gasteiger partial charge >= 0.3 is 0 Å². The monoisotopic (exact) mass is 1580 g/mol. The van der Waals surface area contributed by atoms with Crippen LogP contribution in [-0.2, 0) is 0 Å². The van der Waals surface area contributed by atoms with Gasteiger partial charge in [0, 0.05) is 103 Å². The van der Waals surface area contributed by atoms with Gasteiger partial charge in [0.1, 0.15) is 33.3 Å². The molecule has 29 aromatic rings. The molecule has 0 unspecified atom stereocenters. The molecule has 8 heteroatoms. The van der Waals surface area contributed by atoms with E-state index in [9.17, 15) is 0 Å². The van der Waals surface area contributed by atoms with Crippen LogP contribution < -0.4 is 0 Å². The first kappa shape index (κ1) is 68.3. The van der Waals surface area contributed by atoms with Crippen molar-refractivity contribution in [1.82, 2.24) is 24.5 Å². The molecular formula is C116H65N5O3. The molecule has 21 aromatic carbocycles. The number of benzene rings is 21. The lowest BCUT2D eigenvalue weighted by atomic mass is 9.90. The first-order valence-electron chi connectivity index (χ1n) is 42.2. The highest BCUT2D eigenvalue weighted by Gasteiger charge is 2.27. The predicted octanol–water partition coefficient (Wildman–Crippen LogP) is 32.0. The van der Waals surface area contributed by atoms with Crippen LogP contribution in [-0.4, -0.2) is 24.5 Å². The molecule has 0 saturated heterocycles. The first-order valence-corrected chi connectivity index (χ1v) is 42.2. The number of pyridine rings is 4. The van der Waals surface area contributed by atoms with Gasteiger partial charge in [-0.3, -0.25) is 0 Å². The van der Waals surface area contributed by atoms with Crippen molar-refractivity contribution in [2.24, 2.45) is 0 Å². The Balaban J connectivity index is 0.0000000974. The molecule has 124 heavy (non-hydrogen) atoms. The fourth-order valence-corrected chi connectivity index (χ4v) is 20.9. The second kappa shape index (κ2) is 26.4. The third kappa shape index (κ3) is 9.90. The lowest BCUT2D eigenvalue weighted by Gasteiger charge is -2.15. The maximum absolute atomic E-state index is 6.61. The summed E-state index contributed by atoms with van der Waals surface area (Å²) in [5, 5.41) is 37.7. The third-order valence-corrected chi connectivity index (χ3v) is 26.1. The van der Waals surface area contributed by atoms with Gasteiger partial charge in [-0.15, -0.1) is 0 Å². The highest BCUT2D eigenvalue weighted by Crippen LogP contribution is 2.51. The molecule has 0 spiro atoms. The normalized spacial score (nSPS) is 12.2. The standard InChI is InChI=1S/C41H24N2O.C39H21NO.C36H20N2O/c1-2-14-30-29(13-1)37-31-15-3-4-16-32(31)39(42-40(37)41-38(30)33-17-7-10-20-36(33)44-41)25-21-23-26(24-22-25)43-34-18-8-5-11-27(34)28-12-6-9-19-35(28)43;1-2-11-28-27(10-1)35-29-12-3-4-13-30(29)37(40-38(35)39-36(28)31-14-5-6-15-32(31)41-39)26-20-24-18-16-22-8-7-9-23-17-19-25(21-26)34(24)33(22)23;1-5-16-26-21(11-1)22-12-7-9-19-29(22)37-33(26)34-27-17-6-4-15-25(27)31-23-13-2-3-14-24(23)32-28-18-8-10-20-30(28)39-36(32)35(31)38-34/h1-24H;1-21H;1-20H. The lowest BCUT2D eigenvalue weighted by Crippen LogP contribution is -1.95. The summed E-state index contributed by atoms with van der Waals surface area (Å²) >= 11 is 0. The predicted molar refractivity (Wildman–Crippen MR) is 519 cm³/mol. The Morgan fingerprint density at radius 2 is 0.468 bits per heavy atom. The summed E-state index contributed by atoms with van der Waals surface area (Å²) in [5.74, 6) is 0. The summed E-state index contributed by atoms with van der Waals surface area (Å²) in [6, 6.07) is 140. The number of para-hydroxylation sites is 6. The zero-order chi connectivity index (χ0) is 80.9. The van der Waals surface area contributed by atoms with E-state index >= 15 is 0 Å². The van der Waals surface area contributed by atoms with E-state index < -0.39 is 0 Å². The maximum Gasteiger partial charge on any atom is 0.162 e. The minimum atomic E-state index is 0.821. The van der Waals surface area contributed by atoms with Crippen LogP contribution in [0.1, 0.15) is 0 Å². The Kier molecular flexibility index (Phi) is 14.5. The van der Waals surface area contributed by atoms with E-state index in [4.69, 9.17) is 33.2 Å². The Morgan fingerprint density at radius 3 is 0.895 bits per heavy atom. The van der Waals surface area contributed by atoms with Gasteiger partial charge in [-0.2, -0.15) is 0 Å². The molecule has 0 saturated carbocycles. The number of hydrogen-bond donors (Lipinski definition) is 0. The highest BCUT2D eigenvalue weighted by atomic mass is 16.3. The molecule has 0 aliphatic heterocycles. The topological polar surface area (TPSA) is 95.9 Å². The lowest BCUT2D eigenvalue weighted by molar-refractivity contribution is 0.671. The second-order valence-corrected chi connectivity index (χ2v) is 32.7. The molecule has 0 radical (unpaired) electrons. The minimum absolute atomic E-state index is 0.821. The molecule has 0 aliphatic rings. The van der Waals surface area contributed by atoms with E-state index in [1.54, 1.807) is 0 Å². The molecule has 0 fully saturated rings. The van der Waals surface area contributed by atoms with E-state index in [2.05, 4.69) is 362 Å². The molecule has 0 bridgehead atoms. The van der Waals surface area contributed by atoms with E-state index in [0.29, 0.717) is 0 Å². The Morgan fingerprint density at radius 1 is 0.177 bits per heavy atom. The Bertz CT molecular complexity index is 9560. The molecule has 8 nitrogen and oxygen atoms in total. The first-order chi connectivity index (χ1) is 61.5. The zero-order valence-corrected chi connectivity index (χ0v) is 66.5. The van der Waals surface area contributed by atoms with E-state index in [1.807, 2.05) is 36.4 Å². The Labute approximate surface area is 705 Å². The van der Waals surface area contributed by atoms with Gasteiger partial charge in [-0.25, -0.2) is 19.9 Å². The molecular weight excluding hydrogens is 1510 g/mol. The van der Waals surface area contributed by atoms with Crippen molar-refractivity contribution in [2.75, 3.05) is 0 Å². The summed E-state index contributed by atoms with van der Waals surface area (Å²) in [6.45, 7) is 0. The molecule has 8 heterocycles. The van der Waals surface area contributed by atoms with Crippen LogP contribution in [0.25, 0.3) is 279 Å². The summed E-state index contributed by atoms with van der Waals surface area (Å²) < 4.78 is 22.1. The molecule has 0 N–H and O–H groups in total. The summed E-state index contributed by atoms with van der Waals surface area (Å²) in [6.07, 6.45) is 0. The van der Waals surface area contributed by atoms with Crippen LogP contribution >= 0.6 is 0 Å². The Hall–Kier alpha value is -16.7.